The number of nitrogens with zero attached hydrogens (tertiary/aromatic N) is 4. The first-order valence-corrected chi connectivity index (χ1v) is 9.76. The molecular formula is C21H26N4O4. The third kappa shape index (κ3) is 4.82. The molecule has 0 bridgehead atoms. The van der Waals surface area contributed by atoms with E-state index >= 15 is 0 Å². The number of aryl methyl sites for hydroxylation is 1. The third-order valence-corrected chi connectivity index (χ3v) is 5.26. The highest BCUT2D eigenvalue weighted by Crippen LogP contribution is 2.20. The fourth-order valence-electron chi connectivity index (χ4n) is 3.77. The van der Waals surface area contributed by atoms with Crippen LogP contribution >= 0.6 is 0 Å². The van der Waals surface area contributed by atoms with E-state index in [1.165, 1.54) is 11.8 Å². The molecule has 0 spiro atoms. The van der Waals surface area contributed by atoms with Gasteiger partial charge in [-0.1, -0.05) is 18.2 Å². The summed E-state index contributed by atoms with van der Waals surface area (Å²) in [6, 6.07) is 9.44. The van der Waals surface area contributed by atoms with Crippen molar-refractivity contribution >= 4 is 17.8 Å². The van der Waals surface area contributed by atoms with Crippen LogP contribution in [-0.2, 0) is 9.59 Å². The molecule has 29 heavy (non-hydrogen) atoms. The lowest BCUT2D eigenvalue weighted by Gasteiger charge is -2.28. The number of rotatable bonds is 5. The highest BCUT2D eigenvalue weighted by molar-refractivity contribution is 5.93. The Bertz CT molecular complexity index is 893. The van der Waals surface area contributed by atoms with Crippen molar-refractivity contribution in [2.45, 2.75) is 39.2 Å². The second-order valence-electron chi connectivity index (χ2n) is 7.36. The van der Waals surface area contributed by atoms with Gasteiger partial charge in [0.25, 0.3) is 5.91 Å². The molecule has 2 aromatic rings. The number of carbonyl (C=O) groups is 3. The van der Waals surface area contributed by atoms with Gasteiger partial charge < -0.3 is 14.9 Å². The minimum absolute atomic E-state index is 0.134. The smallest absolute Gasteiger partial charge is 0.323 e. The normalized spacial score (nSPS) is 16.9. The van der Waals surface area contributed by atoms with Crippen molar-refractivity contribution in [1.82, 2.24) is 19.6 Å². The maximum absolute atomic E-state index is 13.1. The average molecular weight is 398 g/mol. The van der Waals surface area contributed by atoms with E-state index in [-0.39, 0.29) is 24.4 Å². The van der Waals surface area contributed by atoms with Crippen LogP contribution < -0.4 is 0 Å². The van der Waals surface area contributed by atoms with Crippen LogP contribution in [0.1, 0.15) is 42.2 Å². The number of hydrogen-bond donors (Lipinski definition) is 1. The molecule has 8 nitrogen and oxygen atoms in total. The second kappa shape index (κ2) is 8.89. The lowest BCUT2D eigenvalue weighted by molar-refractivity contribution is -0.145. The summed E-state index contributed by atoms with van der Waals surface area (Å²) in [5, 5.41) is 13.6. The van der Waals surface area contributed by atoms with Gasteiger partial charge in [-0.05, 0) is 38.3 Å². The molecule has 2 heterocycles. The molecule has 3 rings (SSSR count). The van der Waals surface area contributed by atoms with E-state index in [1.807, 2.05) is 43.5 Å². The average Bonchev–Trinajstić information content (AvgIpc) is 2.92. The van der Waals surface area contributed by atoms with Crippen molar-refractivity contribution in [1.29, 1.82) is 0 Å². The molecule has 2 amide bonds. The summed E-state index contributed by atoms with van der Waals surface area (Å²) in [4.78, 5) is 39.2. The first-order valence-electron chi connectivity index (χ1n) is 9.76. The maximum atomic E-state index is 13.1. The van der Waals surface area contributed by atoms with Gasteiger partial charge in [0.05, 0.1) is 5.69 Å². The van der Waals surface area contributed by atoms with Gasteiger partial charge in [0.15, 0.2) is 5.69 Å². The van der Waals surface area contributed by atoms with Crippen LogP contribution in [0.3, 0.4) is 0 Å². The van der Waals surface area contributed by atoms with Crippen LogP contribution in [0, 0.1) is 6.92 Å². The first-order chi connectivity index (χ1) is 13.9. The number of amides is 2. The molecule has 1 fully saturated rings. The zero-order valence-corrected chi connectivity index (χ0v) is 16.7. The zero-order valence-electron chi connectivity index (χ0n) is 16.7. The summed E-state index contributed by atoms with van der Waals surface area (Å²) in [7, 11) is 0. The number of aliphatic carboxylic acids is 1. The first kappa shape index (κ1) is 20.6. The Morgan fingerprint density at radius 2 is 1.90 bits per heavy atom. The molecular weight excluding hydrogens is 372 g/mol. The predicted octanol–water partition coefficient (Wildman–Crippen LogP) is 2.11. The van der Waals surface area contributed by atoms with E-state index in [0.717, 1.165) is 11.3 Å². The van der Waals surface area contributed by atoms with Crippen molar-refractivity contribution in [2.24, 2.45) is 0 Å². The number of likely N-dealkylation sites (tertiary alicyclic amines) is 1. The predicted molar refractivity (Wildman–Crippen MR) is 107 cm³/mol. The van der Waals surface area contributed by atoms with Gasteiger partial charge in [0, 0.05) is 37.8 Å². The molecule has 1 aliphatic rings. The van der Waals surface area contributed by atoms with Crippen LogP contribution in [0.5, 0.6) is 0 Å². The number of carboxylic acids is 1. The standard InChI is InChI=1S/C21H26N4O4/c1-15-13-25(18-7-4-3-5-8-18)22-20(15)21(29)23-11-6-9-17(10-12-23)24(16(2)26)14-19(27)28/h3-5,7-8,13,17H,6,9-12,14H2,1-2H3,(H,27,28). The summed E-state index contributed by atoms with van der Waals surface area (Å²) in [5.41, 5.74) is 2.11. The number of carbonyl (C=O) groups excluding carboxylic acids is 2. The quantitative estimate of drug-likeness (QED) is 0.832. The number of aromatic nitrogens is 2. The van der Waals surface area contributed by atoms with Crippen molar-refractivity contribution < 1.29 is 19.5 Å². The van der Waals surface area contributed by atoms with Crippen molar-refractivity contribution in [3.8, 4) is 5.69 Å². The summed E-state index contributed by atoms with van der Waals surface area (Å²) in [5.74, 6) is -1.42. The maximum Gasteiger partial charge on any atom is 0.323 e. The Kier molecular flexibility index (Phi) is 6.31. The zero-order chi connectivity index (χ0) is 21.0. The second-order valence-corrected chi connectivity index (χ2v) is 7.36. The molecule has 1 aromatic heterocycles. The number of para-hydroxylation sites is 1. The minimum Gasteiger partial charge on any atom is -0.480 e. The molecule has 8 heteroatoms. The number of benzene rings is 1. The molecule has 0 radical (unpaired) electrons. The van der Waals surface area contributed by atoms with Gasteiger partial charge in [-0.25, -0.2) is 4.68 Å². The fourth-order valence-corrected chi connectivity index (χ4v) is 3.77. The van der Waals surface area contributed by atoms with E-state index in [4.69, 9.17) is 5.11 Å². The Hall–Kier alpha value is -3.16. The minimum atomic E-state index is -1.03. The van der Waals surface area contributed by atoms with Gasteiger partial charge in [0.1, 0.15) is 6.54 Å². The lowest BCUT2D eigenvalue weighted by Crippen LogP contribution is -2.43. The van der Waals surface area contributed by atoms with Crippen LogP contribution in [0.15, 0.2) is 36.5 Å². The summed E-state index contributed by atoms with van der Waals surface area (Å²) in [6.07, 6.45) is 3.77. The van der Waals surface area contributed by atoms with E-state index in [9.17, 15) is 14.4 Å². The van der Waals surface area contributed by atoms with E-state index in [2.05, 4.69) is 5.10 Å². The third-order valence-electron chi connectivity index (χ3n) is 5.26. The summed E-state index contributed by atoms with van der Waals surface area (Å²) < 4.78 is 1.70. The van der Waals surface area contributed by atoms with E-state index in [0.29, 0.717) is 38.0 Å². The fraction of sp³-hybridized carbons (Fsp3) is 0.429. The summed E-state index contributed by atoms with van der Waals surface area (Å²) in [6.45, 7) is 3.96. The van der Waals surface area contributed by atoms with E-state index < -0.39 is 5.97 Å². The molecule has 0 aliphatic carbocycles. The molecule has 1 N–H and O–H groups in total. The topological polar surface area (TPSA) is 95.7 Å². The van der Waals surface area contributed by atoms with Crippen molar-refractivity contribution in [3.63, 3.8) is 0 Å². The molecule has 0 saturated carbocycles. The van der Waals surface area contributed by atoms with Crippen LogP contribution in [0.4, 0.5) is 0 Å². The molecule has 1 saturated heterocycles. The van der Waals surface area contributed by atoms with Crippen molar-refractivity contribution in [3.05, 3.63) is 47.8 Å². The Morgan fingerprint density at radius 3 is 2.55 bits per heavy atom. The van der Waals surface area contributed by atoms with Gasteiger partial charge in [0.2, 0.25) is 5.91 Å². The molecule has 154 valence electrons. The molecule has 1 aromatic carbocycles. The Balaban J connectivity index is 1.72. The highest BCUT2D eigenvalue weighted by Gasteiger charge is 2.29. The van der Waals surface area contributed by atoms with Gasteiger partial charge in [-0.2, -0.15) is 5.10 Å². The Morgan fingerprint density at radius 1 is 1.17 bits per heavy atom. The molecule has 1 unspecified atom stereocenters. The monoisotopic (exact) mass is 398 g/mol. The van der Waals surface area contributed by atoms with Crippen LogP contribution in [0.2, 0.25) is 0 Å². The number of carboxylic acid groups (broad SMARTS) is 1. The van der Waals surface area contributed by atoms with Crippen molar-refractivity contribution in [2.75, 3.05) is 19.6 Å². The van der Waals surface area contributed by atoms with Gasteiger partial charge >= 0.3 is 5.97 Å². The van der Waals surface area contributed by atoms with Gasteiger partial charge in [-0.3, -0.25) is 14.4 Å². The molecule has 1 atom stereocenters. The lowest BCUT2D eigenvalue weighted by atomic mass is 10.1. The highest BCUT2D eigenvalue weighted by atomic mass is 16.4. The largest absolute Gasteiger partial charge is 0.480 e. The van der Waals surface area contributed by atoms with E-state index in [1.54, 1.807) is 9.58 Å². The Labute approximate surface area is 169 Å². The van der Waals surface area contributed by atoms with Gasteiger partial charge in [-0.15, -0.1) is 0 Å². The summed E-state index contributed by atoms with van der Waals surface area (Å²) >= 11 is 0. The number of hydrogen-bond acceptors (Lipinski definition) is 4. The SMILES string of the molecule is CC(=O)N(CC(=O)O)C1CCCN(C(=O)c2nn(-c3ccccc3)cc2C)CC1. The van der Waals surface area contributed by atoms with Crippen LogP contribution in [-0.4, -0.2) is 68.1 Å². The molecule has 1 aliphatic heterocycles. The van der Waals surface area contributed by atoms with Crippen LogP contribution in [0.25, 0.3) is 5.69 Å².